The Morgan fingerprint density at radius 3 is 2.65 bits per heavy atom. The third-order valence-corrected chi connectivity index (χ3v) is 3.38. The first-order valence-electron chi connectivity index (χ1n) is 5.94. The summed E-state index contributed by atoms with van der Waals surface area (Å²) in [5.74, 6) is 0.763. The van der Waals surface area contributed by atoms with Crippen LogP contribution in [0.15, 0.2) is 42.5 Å². The van der Waals surface area contributed by atoms with E-state index in [4.69, 9.17) is 27.9 Å². The minimum absolute atomic E-state index is 0.192. The van der Waals surface area contributed by atoms with Crippen LogP contribution >= 0.6 is 23.2 Å². The highest BCUT2D eigenvalue weighted by atomic mass is 35.5. The van der Waals surface area contributed by atoms with Crippen molar-refractivity contribution < 1.29 is 4.74 Å². The van der Waals surface area contributed by atoms with Gasteiger partial charge in [-0.3, -0.25) is 0 Å². The van der Waals surface area contributed by atoms with Gasteiger partial charge in [-0.25, -0.2) is 9.97 Å². The van der Waals surface area contributed by atoms with Crippen LogP contribution in [0.2, 0.25) is 10.3 Å². The summed E-state index contributed by atoms with van der Waals surface area (Å²) in [7, 11) is 1.63. The molecule has 1 aromatic heterocycles. The van der Waals surface area contributed by atoms with Crippen LogP contribution in [0.4, 0.5) is 0 Å². The van der Waals surface area contributed by atoms with Gasteiger partial charge in [-0.05, 0) is 41.9 Å². The van der Waals surface area contributed by atoms with E-state index in [9.17, 15) is 0 Å². The first kappa shape index (κ1) is 13.2. The molecule has 1 heterocycles. The number of hydrogen-bond donors (Lipinski definition) is 0. The average molecular weight is 305 g/mol. The lowest BCUT2D eigenvalue weighted by atomic mass is 10.1. The van der Waals surface area contributed by atoms with Gasteiger partial charge in [-0.2, -0.15) is 0 Å². The molecule has 0 aliphatic carbocycles. The van der Waals surface area contributed by atoms with Gasteiger partial charge in [0.1, 0.15) is 5.75 Å². The molecule has 2 aromatic carbocycles. The van der Waals surface area contributed by atoms with E-state index in [-0.39, 0.29) is 5.28 Å². The van der Waals surface area contributed by atoms with Crippen molar-refractivity contribution in [2.75, 3.05) is 7.11 Å². The second-order valence-electron chi connectivity index (χ2n) is 4.23. The van der Waals surface area contributed by atoms with Crippen molar-refractivity contribution >= 4 is 34.1 Å². The van der Waals surface area contributed by atoms with Crippen LogP contribution < -0.4 is 4.74 Å². The molecule has 0 atom stereocenters. The lowest BCUT2D eigenvalue weighted by Crippen LogP contribution is -1.92. The molecule has 0 unspecified atom stereocenters. The van der Waals surface area contributed by atoms with Gasteiger partial charge in [0.05, 0.1) is 18.3 Å². The van der Waals surface area contributed by atoms with Crippen LogP contribution in [0.5, 0.6) is 5.75 Å². The number of halogens is 2. The molecule has 0 spiro atoms. The van der Waals surface area contributed by atoms with Crippen molar-refractivity contribution in [3.05, 3.63) is 52.8 Å². The lowest BCUT2D eigenvalue weighted by molar-refractivity contribution is 0.415. The summed E-state index contributed by atoms with van der Waals surface area (Å²) in [6.45, 7) is 0. The first-order chi connectivity index (χ1) is 9.67. The van der Waals surface area contributed by atoms with Crippen LogP contribution in [-0.4, -0.2) is 17.1 Å². The van der Waals surface area contributed by atoms with Crippen molar-refractivity contribution in [3.8, 4) is 17.0 Å². The summed E-state index contributed by atoms with van der Waals surface area (Å²) in [4.78, 5) is 8.54. The van der Waals surface area contributed by atoms with Gasteiger partial charge in [0.25, 0.3) is 0 Å². The molecule has 0 fully saturated rings. The number of nitrogens with zero attached hydrogens (tertiary/aromatic N) is 2. The van der Waals surface area contributed by atoms with Gasteiger partial charge in [-0.1, -0.05) is 23.7 Å². The molecule has 0 saturated carbocycles. The number of methoxy groups -OCH3 is 1. The molecule has 0 aliphatic rings. The Morgan fingerprint density at radius 2 is 1.85 bits per heavy atom. The molecule has 3 aromatic rings. The van der Waals surface area contributed by atoms with E-state index in [1.54, 1.807) is 13.2 Å². The minimum atomic E-state index is 0.192. The first-order valence-corrected chi connectivity index (χ1v) is 6.70. The SMILES string of the molecule is COc1cccc(-c2nc(Cl)nc3cc(Cl)ccc23)c1. The normalized spacial score (nSPS) is 10.8. The van der Waals surface area contributed by atoms with Gasteiger partial charge < -0.3 is 4.74 Å². The van der Waals surface area contributed by atoms with E-state index in [2.05, 4.69) is 9.97 Å². The monoisotopic (exact) mass is 304 g/mol. The molecular weight excluding hydrogens is 295 g/mol. The predicted molar refractivity (Wildman–Crippen MR) is 81.5 cm³/mol. The van der Waals surface area contributed by atoms with E-state index in [0.29, 0.717) is 5.02 Å². The fourth-order valence-electron chi connectivity index (χ4n) is 2.06. The van der Waals surface area contributed by atoms with Crippen molar-refractivity contribution in [1.29, 1.82) is 0 Å². The van der Waals surface area contributed by atoms with E-state index in [1.807, 2.05) is 36.4 Å². The van der Waals surface area contributed by atoms with Crippen molar-refractivity contribution in [2.24, 2.45) is 0 Å². The molecule has 5 heteroatoms. The van der Waals surface area contributed by atoms with Gasteiger partial charge in [0.15, 0.2) is 0 Å². The van der Waals surface area contributed by atoms with Gasteiger partial charge in [0, 0.05) is 16.0 Å². The molecule has 0 aliphatic heterocycles. The van der Waals surface area contributed by atoms with Crippen molar-refractivity contribution in [3.63, 3.8) is 0 Å². The molecule has 0 amide bonds. The molecular formula is C15H10Cl2N2O. The Bertz CT molecular complexity index is 785. The maximum absolute atomic E-state index is 6.00. The Balaban J connectivity index is 2.29. The highest BCUT2D eigenvalue weighted by Crippen LogP contribution is 2.30. The Hall–Kier alpha value is -1.84. The Kier molecular flexibility index (Phi) is 3.47. The fraction of sp³-hybridized carbons (Fsp3) is 0.0667. The van der Waals surface area contributed by atoms with Gasteiger partial charge in [0.2, 0.25) is 5.28 Å². The van der Waals surface area contributed by atoms with E-state index < -0.39 is 0 Å². The fourth-order valence-corrected chi connectivity index (χ4v) is 2.41. The maximum Gasteiger partial charge on any atom is 0.223 e. The topological polar surface area (TPSA) is 35.0 Å². The minimum Gasteiger partial charge on any atom is -0.497 e. The summed E-state index contributed by atoms with van der Waals surface area (Å²) >= 11 is 12.0. The molecule has 0 N–H and O–H groups in total. The number of fused-ring (bicyclic) bond motifs is 1. The zero-order valence-electron chi connectivity index (χ0n) is 10.6. The smallest absolute Gasteiger partial charge is 0.223 e. The number of benzene rings is 2. The maximum atomic E-state index is 6.00. The van der Waals surface area contributed by atoms with E-state index in [1.165, 1.54) is 0 Å². The number of rotatable bonds is 2. The largest absolute Gasteiger partial charge is 0.497 e. The third kappa shape index (κ3) is 2.42. The van der Waals surface area contributed by atoms with Gasteiger partial charge >= 0.3 is 0 Å². The summed E-state index contributed by atoms with van der Waals surface area (Å²) < 4.78 is 5.24. The Morgan fingerprint density at radius 1 is 1.00 bits per heavy atom. The summed E-state index contributed by atoms with van der Waals surface area (Å²) in [6.07, 6.45) is 0. The second kappa shape index (κ2) is 5.27. The Labute approximate surface area is 126 Å². The molecule has 0 bridgehead atoms. The summed E-state index contributed by atoms with van der Waals surface area (Å²) in [6, 6.07) is 13.1. The number of ether oxygens (including phenoxy) is 1. The van der Waals surface area contributed by atoms with Crippen molar-refractivity contribution in [2.45, 2.75) is 0 Å². The highest BCUT2D eigenvalue weighted by Gasteiger charge is 2.10. The van der Waals surface area contributed by atoms with Crippen LogP contribution in [-0.2, 0) is 0 Å². The number of aromatic nitrogens is 2. The van der Waals surface area contributed by atoms with Crippen molar-refractivity contribution in [1.82, 2.24) is 9.97 Å². The van der Waals surface area contributed by atoms with E-state index >= 15 is 0 Å². The third-order valence-electron chi connectivity index (χ3n) is 2.97. The second-order valence-corrected chi connectivity index (χ2v) is 5.01. The summed E-state index contributed by atoms with van der Waals surface area (Å²) in [5.41, 5.74) is 2.40. The zero-order chi connectivity index (χ0) is 14.1. The van der Waals surface area contributed by atoms with Crippen LogP contribution in [0.25, 0.3) is 22.2 Å². The van der Waals surface area contributed by atoms with E-state index in [0.717, 1.165) is 27.9 Å². The molecule has 20 heavy (non-hydrogen) atoms. The van der Waals surface area contributed by atoms with Crippen LogP contribution in [0, 0.1) is 0 Å². The standard InChI is InChI=1S/C15H10Cl2N2O/c1-20-11-4-2-3-9(7-11)14-12-6-5-10(16)8-13(12)18-15(17)19-14/h2-8H,1H3. The molecule has 0 saturated heterocycles. The zero-order valence-corrected chi connectivity index (χ0v) is 12.1. The molecule has 0 radical (unpaired) electrons. The quantitative estimate of drug-likeness (QED) is 0.648. The molecule has 3 nitrogen and oxygen atoms in total. The van der Waals surface area contributed by atoms with Gasteiger partial charge in [-0.15, -0.1) is 0 Å². The average Bonchev–Trinajstić information content (AvgIpc) is 2.46. The molecule has 100 valence electrons. The molecule has 3 rings (SSSR count). The van der Waals surface area contributed by atoms with Crippen LogP contribution in [0.1, 0.15) is 0 Å². The van der Waals surface area contributed by atoms with Crippen LogP contribution in [0.3, 0.4) is 0 Å². The number of hydrogen-bond acceptors (Lipinski definition) is 3. The highest BCUT2D eigenvalue weighted by molar-refractivity contribution is 6.31. The lowest BCUT2D eigenvalue weighted by Gasteiger charge is -2.08. The summed E-state index contributed by atoms with van der Waals surface area (Å²) in [5, 5.41) is 1.70. The predicted octanol–water partition coefficient (Wildman–Crippen LogP) is 4.61.